The number of nitrogens with zero attached hydrogens (tertiary/aromatic N) is 1. The molecule has 0 aliphatic carbocycles. The third kappa shape index (κ3) is 7.06. The average Bonchev–Trinajstić information content (AvgIpc) is 2.42. The van der Waals surface area contributed by atoms with Gasteiger partial charge >= 0.3 is 0 Å². The summed E-state index contributed by atoms with van der Waals surface area (Å²) in [5.41, 5.74) is 0.00532. The van der Waals surface area contributed by atoms with Gasteiger partial charge < -0.3 is 10.1 Å². The molecule has 7 heteroatoms. The van der Waals surface area contributed by atoms with Crippen molar-refractivity contribution in [1.82, 2.24) is 14.3 Å². The SMILES string of the molecule is CC(C)NCCCN(C)S(=O)(=O)NCC1(C)CCOCC1. The molecule has 1 aliphatic rings. The third-order valence-corrected chi connectivity index (χ3v) is 5.51. The van der Waals surface area contributed by atoms with Gasteiger partial charge in [0.1, 0.15) is 0 Å². The zero-order valence-electron chi connectivity index (χ0n) is 13.8. The minimum Gasteiger partial charge on any atom is -0.381 e. The molecule has 1 aliphatic heterocycles. The van der Waals surface area contributed by atoms with Gasteiger partial charge in [0.15, 0.2) is 0 Å². The molecule has 0 unspecified atom stereocenters. The minimum absolute atomic E-state index is 0.00532. The topological polar surface area (TPSA) is 70.7 Å². The number of hydrogen-bond acceptors (Lipinski definition) is 4. The van der Waals surface area contributed by atoms with E-state index in [4.69, 9.17) is 4.74 Å². The van der Waals surface area contributed by atoms with E-state index < -0.39 is 10.2 Å². The molecule has 0 saturated carbocycles. The van der Waals surface area contributed by atoms with Crippen LogP contribution in [0.1, 0.15) is 40.0 Å². The van der Waals surface area contributed by atoms with Crippen LogP contribution in [0.25, 0.3) is 0 Å². The highest BCUT2D eigenvalue weighted by Gasteiger charge is 2.29. The van der Waals surface area contributed by atoms with Gasteiger partial charge in [-0.1, -0.05) is 20.8 Å². The Morgan fingerprint density at radius 1 is 1.29 bits per heavy atom. The number of ether oxygens (including phenoxy) is 1. The summed E-state index contributed by atoms with van der Waals surface area (Å²) < 4.78 is 33.9. The van der Waals surface area contributed by atoms with Crippen LogP contribution in [0.2, 0.25) is 0 Å². The molecule has 1 heterocycles. The van der Waals surface area contributed by atoms with Crippen LogP contribution in [0, 0.1) is 5.41 Å². The van der Waals surface area contributed by atoms with Crippen LogP contribution in [0.4, 0.5) is 0 Å². The van der Waals surface area contributed by atoms with E-state index in [1.807, 2.05) is 0 Å². The molecule has 21 heavy (non-hydrogen) atoms. The lowest BCUT2D eigenvalue weighted by Gasteiger charge is -2.34. The van der Waals surface area contributed by atoms with E-state index in [1.54, 1.807) is 7.05 Å². The molecule has 0 aromatic carbocycles. The summed E-state index contributed by atoms with van der Waals surface area (Å²) in [5.74, 6) is 0. The summed E-state index contributed by atoms with van der Waals surface area (Å²) in [4.78, 5) is 0. The third-order valence-electron chi connectivity index (χ3n) is 3.99. The van der Waals surface area contributed by atoms with Crippen molar-refractivity contribution in [3.63, 3.8) is 0 Å². The second kappa shape index (κ2) is 8.43. The van der Waals surface area contributed by atoms with Gasteiger partial charge in [-0.25, -0.2) is 4.72 Å². The molecule has 126 valence electrons. The first-order chi connectivity index (χ1) is 9.75. The molecular formula is C14H31N3O3S. The zero-order chi connectivity index (χ0) is 15.9. The normalized spacial score (nSPS) is 19.3. The first-order valence-electron chi connectivity index (χ1n) is 7.77. The summed E-state index contributed by atoms with van der Waals surface area (Å²) in [6, 6.07) is 0.429. The van der Waals surface area contributed by atoms with Crippen LogP contribution in [-0.4, -0.2) is 58.7 Å². The van der Waals surface area contributed by atoms with Crippen LogP contribution >= 0.6 is 0 Å². The molecule has 0 aromatic rings. The van der Waals surface area contributed by atoms with E-state index in [2.05, 4.69) is 30.8 Å². The predicted molar refractivity (Wildman–Crippen MR) is 85.5 cm³/mol. The minimum atomic E-state index is -3.38. The van der Waals surface area contributed by atoms with Crippen LogP contribution in [0.5, 0.6) is 0 Å². The van der Waals surface area contributed by atoms with Crippen molar-refractivity contribution < 1.29 is 13.2 Å². The maximum atomic E-state index is 12.2. The maximum absolute atomic E-state index is 12.2. The first kappa shape index (κ1) is 18.8. The molecule has 1 fully saturated rings. The lowest BCUT2D eigenvalue weighted by Crippen LogP contribution is -2.45. The largest absolute Gasteiger partial charge is 0.381 e. The summed E-state index contributed by atoms with van der Waals surface area (Å²) in [5, 5.41) is 3.29. The Balaban J connectivity index is 2.34. The van der Waals surface area contributed by atoms with Gasteiger partial charge in [-0.05, 0) is 31.2 Å². The van der Waals surface area contributed by atoms with Gasteiger partial charge in [0, 0.05) is 39.4 Å². The molecule has 0 spiro atoms. The molecule has 0 atom stereocenters. The molecule has 0 aromatic heterocycles. The molecular weight excluding hydrogens is 290 g/mol. The Kier molecular flexibility index (Phi) is 7.56. The van der Waals surface area contributed by atoms with Crippen molar-refractivity contribution in [2.24, 2.45) is 5.41 Å². The summed E-state index contributed by atoms with van der Waals surface area (Å²) in [6.45, 7) is 9.54. The fourth-order valence-electron chi connectivity index (χ4n) is 2.23. The highest BCUT2D eigenvalue weighted by atomic mass is 32.2. The van der Waals surface area contributed by atoms with Crippen molar-refractivity contribution >= 4 is 10.2 Å². The Bertz CT molecular complexity index is 392. The van der Waals surface area contributed by atoms with Gasteiger partial charge in [0.25, 0.3) is 10.2 Å². The van der Waals surface area contributed by atoms with Gasteiger partial charge in [-0.15, -0.1) is 0 Å². The Labute approximate surface area is 129 Å². The lowest BCUT2D eigenvalue weighted by molar-refractivity contribution is 0.0263. The molecule has 1 saturated heterocycles. The van der Waals surface area contributed by atoms with Gasteiger partial charge in [0.05, 0.1) is 0 Å². The van der Waals surface area contributed by atoms with Gasteiger partial charge in [-0.2, -0.15) is 12.7 Å². The van der Waals surface area contributed by atoms with E-state index >= 15 is 0 Å². The summed E-state index contributed by atoms with van der Waals surface area (Å²) in [6.07, 6.45) is 2.61. The monoisotopic (exact) mass is 321 g/mol. The maximum Gasteiger partial charge on any atom is 0.279 e. The summed E-state index contributed by atoms with van der Waals surface area (Å²) >= 11 is 0. The molecule has 6 nitrogen and oxygen atoms in total. The molecule has 2 N–H and O–H groups in total. The van der Waals surface area contributed by atoms with E-state index in [-0.39, 0.29) is 5.41 Å². The standard InChI is InChI=1S/C14H31N3O3S/c1-13(2)15-8-5-9-17(4)21(18,19)16-12-14(3)6-10-20-11-7-14/h13,15-16H,5-12H2,1-4H3. The first-order valence-corrected chi connectivity index (χ1v) is 9.21. The van der Waals surface area contributed by atoms with E-state index in [0.29, 0.717) is 19.1 Å². The number of rotatable bonds is 9. The van der Waals surface area contributed by atoms with Crippen molar-refractivity contribution in [2.45, 2.75) is 46.1 Å². The Hall–Kier alpha value is -0.210. The van der Waals surface area contributed by atoms with Gasteiger partial charge in [0.2, 0.25) is 0 Å². The van der Waals surface area contributed by atoms with Crippen LogP contribution in [-0.2, 0) is 14.9 Å². The molecule has 0 amide bonds. The van der Waals surface area contributed by atoms with Crippen LogP contribution < -0.4 is 10.0 Å². The zero-order valence-corrected chi connectivity index (χ0v) is 14.6. The van der Waals surface area contributed by atoms with E-state index in [1.165, 1.54) is 4.31 Å². The van der Waals surface area contributed by atoms with Crippen molar-refractivity contribution in [3.8, 4) is 0 Å². The van der Waals surface area contributed by atoms with Crippen LogP contribution in [0.3, 0.4) is 0 Å². The highest BCUT2D eigenvalue weighted by molar-refractivity contribution is 7.87. The smallest absolute Gasteiger partial charge is 0.279 e. The molecule has 0 radical (unpaired) electrons. The van der Waals surface area contributed by atoms with E-state index in [0.717, 1.165) is 39.0 Å². The molecule has 0 bridgehead atoms. The van der Waals surface area contributed by atoms with Crippen molar-refractivity contribution in [1.29, 1.82) is 0 Å². The Morgan fingerprint density at radius 3 is 2.48 bits per heavy atom. The second-order valence-electron chi connectivity index (χ2n) is 6.53. The summed E-state index contributed by atoms with van der Waals surface area (Å²) in [7, 11) is -1.75. The quantitative estimate of drug-likeness (QED) is 0.621. The highest BCUT2D eigenvalue weighted by Crippen LogP contribution is 2.28. The predicted octanol–water partition coefficient (Wildman–Crippen LogP) is 0.957. The Morgan fingerprint density at radius 2 is 1.90 bits per heavy atom. The van der Waals surface area contributed by atoms with Crippen molar-refractivity contribution in [3.05, 3.63) is 0 Å². The fourth-order valence-corrected chi connectivity index (χ4v) is 3.35. The van der Waals surface area contributed by atoms with Gasteiger partial charge in [-0.3, -0.25) is 0 Å². The van der Waals surface area contributed by atoms with Crippen molar-refractivity contribution in [2.75, 3.05) is 39.9 Å². The fraction of sp³-hybridized carbons (Fsp3) is 1.00. The van der Waals surface area contributed by atoms with Crippen LogP contribution in [0.15, 0.2) is 0 Å². The molecule has 1 rings (SSSR count). The number of hydrogen-bond donors (Lipinski definition) is 2. The number of nitrogens with one attached hydrogen (secondary N) is 2. The average molecular weight is 321 g/mol. The van der Waals surface area contributed by atoms with E-state index in [9.17, 15) is 8.42 Å². The second-order valence-corrected chi connectivity index (χ2v) is 8.40. The lowest BCUT2D eigenvalue weighted by atomic mass is 9.83.